The van der Waals surface area contributed by atoms with Crippen LogP contribution in [0.4, 0.5) is 10.3 Å². The summed E-state index contributed by atoms with van der Waals surface area (Å²) in [7, 11) is 0. The van der Waals surface area contributed by atoms with E-state index in [9.17, 15) is 9.18 Å². The lowest BCUT2D eigenvalue weighted by Crippen LogP contribution is -2.39. The molecule has 2 aromatic rings. The van der Waals surface area contributed by atoms with Crippen molar-refractivity contribution in [1.82, 2.24) is 14.9 Å². The van der Waals surface area contributed by atoms with Gasteiger partial charge in [-0.2, -0.15) is 0 Å². The van der Waals surface area contributed by atoms with Gasteiger partial charge in [-0.15, -0.1) is 0 Å². The Balaban J connectivity index is 1.63. The lowest BCUT2D eigenvalue weighted by Gasteiger charge is -2.27. The molecule has 0 bridgehead atoms. The Bertz CT molecular complexity index is 708. The average Bonchev–Trinajstić information content (AvgIpc) is 2.53. The highest BCUT2D eigenvalue weighted by Gasteiger charge is 2.22. The van der Waals surface area contributed by atoms with Crippen LogP contribution in [0, 0.1) is 5.82 Å². The van der Waals surface area contributed by atoms with Crippen molar-refractivity contribution in [2.45, 2.75) is 13.0 Å². The number of halogens is 1. The Kier molecular flexibility index (Phi) is 3.86. The second kappa shape index (κ2) is 5.97. The molecule has 114 valence electrons. The minimum atomic E-state index is -0.486. The fourth-order valence-electron chi connectivity index (χ4n) is 2.32. The van der Waals surface area contributed by atoms with Gasteiger partial charge < -0.3 is 15.4 Å². The normalized spacial score (nSPS) is 13.6. The van der Waals surface area contributed by atoms with Gasteiger partial charge in [-0.05, 0) is 24.1 Å². The first-order chi connectivity index (χ1) is 10.6. The van der Waals surface area contributed by atoms with Crippen LogP contribution in [0.3, 0.4) is 0 Å². The molecule has 6 nitrogen and oxygen atoms in total. The zero-order valence-electron chi connectivity index (χ0n) is 11.8. The first kappa shape index (κ1) is 14.2. The fourth-order valence-corrected chi connectivity index (χ4v) is 2.32. The molecule has 1 amide bonds. The predicted molar refractivity (Wildman–Crippen MR) is 77.5 cm³/mol. The van der Waals surface area contributed by atoms with Crippen molar-refractivity contribution < 1.29 is 13.9 Å². The van der Waals surface area contributed by atoms with Crippen LogP contribution in [0.5, 0.6) is 5.75 Å². The number of benzene rings is 1. The maximum atomic E-state index is 13.4. The van der Waals surface area contributed by atoms with E-state index in [1.807, 2.05) is 0 Å². The van der Waals surface area contributed by atoms with E-state index in [1.54, 1.807) is 23.2 Å². The molecule has 0 spiro atoms. The number of nitrogens with zero attached hydrogens (tertiary/aromatic N) is 3. The van der Waals surface area contributed by atoms with E-state index in [2.05, 4.69) is 9.97 Å². The van der Waals surface area contributed by atoms with Crippen LogP contribution < -0.4 is 10.5 Å². The van der Waals surface area contributed by atoms with E-state index in [0.717, 1.165) is 11.3 Å². The molecule has 0 unspecified atom stereocenters. The fraction of sp³-hybridized carbons (Fsp3) is 0.267. The van der Waals surface area contributed by atoms with Crippen molar-refractivity contribution in [1.29, 1.82) is 0 Å². The Labute approximate surface area is 126 Å². The molecule has 0 saturated carbocycles. The molecule has 1 aromatic carbocycles. The number of amides is 1. The average molecular weight is 302 g/mol. The second-order valence-corrected chi connectivity index (χ2v) is 4.98. The Morgan fingerprint density at radius 3 is 3.05 bits per heavy atom. The molecule has 1 aliphatic heterocycles. The Morgan fingerprint density at radius 1 is 1.41 bits per heavy atom. The van der Waals surface area contributed by atoms with Crippen LogP contribution in [0.25, 0.3) is 0 Å². The zero-order chi connectivity index (χ0) is 15.5. The van der Waals surface area contributed by atoms with Gasteiger partial charge in [0.25, 0.3) is 5.91 Å². The highest BCUT2D eigenvalue weighted by molar-refractivity contribution is 5.78. The molecule has 0 aliphatic carbocycles. The van der Waals surface area contributed by atoms with E-state index in [1.165, 1.54) is 12.1 Å². The van der Waals surface area contributed by atoms with Crippen molar-refractivity contribution in [3.8, 4) is 5.75 Å². The standard InChI is InChI=1S/C15H15FN4O2/c16-11-3-1-2-4-13(11)22-9-14(21)20-6-5-10-7-18-15(17)19-12(10)8-20/h1-4,7H,5-6,8-9H2,(H2,17,18,19). The van der Waals surface area contributed by atoms with E-state index in [-0.39, 0.29) is 24.2 Å². The number of rotatable bonds is 3. The number of carbonyl (C=O) groups is 1. The molecule has 0 radical (unpaired) electrons. The molecule has 1 aromatic heterocycles. The molecule has 1 aliphatic rings. The number of nitrogen functional groups attached to an aromatic ring is 1. The Morgan fingerprint density at radius 2 is 2.23 bits per heavy atom. The summed E-state index contributed by atoms with van der Waals surface area (Å²) in [4.78, 5) is 21.9. The molecule has 0 atom stereocenters. The van der Waals surface area contributed by atoms with Gasteiger partial charge in [-0.25, -0.2) is 14.4 Å². The van der Waals surface area contributed by atoms with Gasteiger partial charge in [0.2, 0.25) is 5.95 Å². The van der Waals surface area contributed by atoms with Gasteiger partial charge in [0.05, 0.1) is 12.2 Å². The van der Waals surface area contributed by atoms with Crippen molar-refractivity contribution in [3.63, 3.8) is 0 Å². The SMILES string of the molecule is Nc1ncc2c(n1)CN(C(=O)COc1ccccc1F)CC2. The lowest BCUT2D eigenvalue weighted by molar-refractivity contribution is -0.134. The van der Waals surface area contributed by atoms with Crippen molar-refractivity contribution in [2.75, 3.05) is 18.9 Å². The number of ether oxygens (including phenoxy) is 1. The van der Waals surface area contributed by atoms with Gasteiger partial charge >= 0.3 is 0 Å². The minimum Gasteiger partial charge on any atom is -0.481 e. The van der Waals surface area contributed by atoms with E-state index in [4.69, 9.17) is 10.5 Å². The lowest BCUT2D eigenvalue weighted by atomic mass is 10.1. The second-order valence-electron chi connectivity index (χ2n) is 4.98. The van der Waals surface area contributed by atoms with Gasteiger partial charge in [-0.3, -0.25) is 4.79 Å². The van der Waals surface area contributed by atoms with E-state index >= 15 is 0 Å². The number of aromatic nitrogens is 2. The summed E-state index contributed by atoms with van der Waals surface area (Å²) in [6.07, 6.45) is 2.36. The number of nitrogens with two attached hydrogens (primary N) is 1. The smallest absolute Gasteiger partial charge is 0.260 e. The third kappa shape index (κ3) is 2.98. The first-order valence-corrected chi connectivity index (χ1v) is 6.89. The maximum absolute atomic E-state index is 13.4. The van der Waals surface area contributed by atoms with Crippen LogP contribution in [-0.4, -0.2) is 33.9 Å². The predicted octanol–water partition coefficient (Wildman–Crippen LogP) is 1.16. The molecule has 22 heavy (non-hydrogen) atoms. The number of para-hydroxylation sites is 1. The number of fused-ring (bicyclic) bond motifs is 1. The third-order valence-corrected chi connectivity index (χ3v) is 3.51. The van der Waals surface area contributed by atoms with E-state index < -0.39 is 5.82 Å². The summed E-state index contributed by atoms with van der Waals surface area (Å²) in [5.41, 5.74) is 7.30. The quantitative estimate of drug-likeness (QED) is 0.920. The highest BCUT2D eigenvalue weighted by atomic mass is 19.1. The van der Waals surface area contributed by atoms with Crippen LogP contribution in [0.2, 0.25) is 0 Å². The zero-order valence-corrected chi connectivity index (χ0v) is 11.8. The molecule has 2 N–H and O–H groups in total. The summed E-state index contributed by atoms with van der Waals surface area (Å²) < 4.78 is 18.7. The molecular weight excluding hydrogens is 287 g/mol. The molecule has 0 saturated heterocycles. The van der Waals surface area contributed by atoms with Gasteiger partial charge in [0.15, 0.2) is 18.2 Å². The van der Waals surface area contributed by atoms with Gasteiger partial charge in [0, 0.05) is 12.7 Å². The largest absolute Gasteiger partial charge is 0.481 e. The first-order valence-electron chi connectivity index (χ1n) is 6.89. The molecule has 7 heteroatoms. The highest BCUT2D eigenvalue weighted by Crippen LogP contribution is 2.18. The maximum Gasteiger partial charge on any atom is 0.260 e. The third-order valence-electron chi connectivity index (χ3n) is 3.51. The number of hydrogen-bond acceptors (Lipinski definition) is 5. The summed E-state index contributed by atoms with van der Waals surface area (Å²) in [6.45, 7) is 0.706. The van der Waals surface area contributed by atoms with Crippen LogP contribution in [0.1, 0.15) is 11.3 Å². The number of carbonyl (C=O) groups excluding carboxylic acids is 1. The van der Waals surface area contributed by atoms with Gasteiger partial charge in [-0.1, -0.05) is 12.1 Å². The summed E-state index contributed by atoms with van der Waals surface area (Å²) in [6, 6.07) is 5.99. The Hall–Kier alpha value is -2.70. The summed E-state index contributed by atoms with van der Waals surface area (Å²) >= 11 is 0. The number of anilines is 1. The summed E-state index contributed by atoms with van der Waals surface area (Å²) in [5, 5.41) is 0. The minimum absolute atomic E-state index is 0.0693. The number of hydrogen-bond donors (Lipinski definition) is 1. The van der Waals surface area contributed by atoms with Crippen LogP contribution in [0.15, 0.2) is 30.5 Å². The van der Waals surface area contributed by atoms with E-state index in [0.29, 0.717) is 19.5 Å². The monoisotopic (exact) mass is 302 g/mol. The van der Waals surface area contributed by atoms with Crippen molar-refractivity contribution in [2.24, 2.45) is 0 Å². The van der Waals surface area contributed by atoms with Crippen molar-refractivity contribution >= 4 is 11.9 Å². The molecule has 2 heterocycles. The molecular formula is C15H15FN4O2. The molecule has 0 fully saturated rings. The van der Waals surface area contributed by atoms with Crippen molar-refractivity contribution in [3.05, 3.63) is 47.5 Å². The topological polar surface area (TPSA) is 81.3 Å². The summed E-state index contributed by atoms with van der Waals surface area (Å²) in [5.74, 6) is -0.443. The molecule has 3 rings (SSSR count). The van der Waals surface area contributed by atoms with Crippen LogP contribution >= 0.6 is 0 Å². The van der Waals surface area contributed by atoms with Gasteiger partial charge in [0.1, 0.15) is 0 Å². The van der Waals surface area contributed by atoms with Crippen LogP contribution in [-0.2, 0) is 17.8 Å².